The van der Waals surface area contributed by atoms with Crippen LogP contribution in [0.1, 0.15) is 39.0 Å². The van der Waals surface area contributed by atoms with Gasteiger partial charge in [-0.3, -0.25) is 4.79 Å². The first-order valence-electron chi connectivity index (χ1n) is 4.68. The molecule has 12 heavy (non-hydrogen) atoms. The minimum absolute atomic E-state index is 0.313. The lowest BCUT2D eigenvalue weighted by molar-refractivity contribution is -0.115. The van der Waals surface area contributed by atoms with Crippen LogP contribution in [0.4, 0.5) is 0 Å². The Morgan fingerprint density at radius 3 is 3.00 bits per heavy atom. The fourth-order valence-corrected chi connectivity index (χ4v) is 1.45. The van der Waals surface area contributed by atoms with Crippen LogP contribution in [-0.4, -0.2) is 5.78 Å². The quantitative estimate of drug-likeness (QED) is 0.586. The van der Waals surface area contributed by atoms with E-state index in [9.17, 15) is 4.79 Å². The largest absolute Gasteiger partial charge is 0.294 e. The van der Waals surface area contributed by atoms with Crippen LogP contribution >= 0.6 is 0 Å². The summed E-state index contributed by atoms with van der Waals surface area (Å²) in [5.74, 6) is 0.313. The van der Waals surface area contributed by atoms with Gasteiger partial charge in [0.25, 0.3) is 0 Å². The van der Waals surface area contributed by atoms with Crippen molar-refractivity contribution in [1.82, 2.24) is 0 Å². The molecule has 0 saturated carbocycles. The number of carbonyl (C=O) groups is 1. The van der Waals surface area contributed by atoms with Crippen molar-refractivity contribution in [3.05, 3.63) is 23.8 Å². The van der Waals surface area contributed by atoms with E-state index >= 15 is 0 Å². The molecule has 0 amide bonds. The monoisotopic (exact) mass is 164 g/mol. The Labute approximate surface area is 74.2 Å². The number of hydrogen-bond acceptors (Lipinski definition) is 1. The van der Waals surface area contributed by atoms with Crippen molar-refractivity contribution in [3.8, 4) is 0 Å². The highest BCUT2D eigenvalue weighted by atomic mass is 16.1. The zero-order valence-corrected chi connectivity index (χ0v) is 7.68. The lowest BCUT2D eigenvalue weighted by atomic mass is 9.95. The Morgan fingerprint density at radius 1 is 1.58 bits per heavy atom. The summed E-state index contributed by atoms with van der Waals surface area (Å²) in [6.45, 7) is 1.95. The molecule has 0 aromatic heterocycles. The number of rotatable bonds is 3. The smallest absolute Gasteiger partial charge is 0.162 e. The van der Waals surface area contributed by atoms with Gasteiger partial charge in [0.05, 0.1) is 0 Å². The van der Waals surface area contributed by atoms with Gasteiger partial charge in [0.2, 0.25) is 0 Å². The minimum atomic E-state index is 0.313. The van der Waals surface area contributed by atoms with E-state index in [-0.39, 0.29) is 0 Å². The molecule has 1 rings (SSSR count). The van der Waals surface area contributed by atoms with Crippen molar-refractivity contribution >= 4 is 5.78 Å². The molecular weight excluding hydrogens is 148 g/mol. The van der Waals surface area contributed by atoms with E-state index in [1.165, 1.54) is 12.8 Å². The second kappa shape index (κ2) is 4.91. The summed E-state index contributed by atoms with van der Waals surface area (Å²) in [5, 5.41) is 0. The Morgan fingerprint density at radius 2 is 2.42 bits per heavy atom. The first kappa shape index (κ1) is 9.24. The second-order valence-electron chi connectivity index (χ2n) is 3.17. The molecule has 0 aliphatic heterocycles. The van der Waals surface area contributed by atoms with Gasteiger partial charge in [-0.15, -0.1) is 0 Å². The van der Waals surface area contributed by atoms with Crippen molar-refractivity contribution in [2.24, 2.45) is 0 Å². The predicted octanol–water partition coefficient (Wildman–Crippen LogP) is 3.02. The molecule has 0 atom stereocenters. The third-order valence-electron chi connectivity index (χ3n) is 2.19. The van der Waals surface area contributed by atoms with Crippen molar-refractivity contribution < 1.29 is 4.79 Å². The molecule has 0 spiro atoms. The summed E-state index contributed by atoms with van der Waals surface area (Å²) in [7, 11) is 0. The fraction of sp³-hybridized carbons (Fsp3) is 0.545. The summed E-state index contributed by atoms with van der Waals surface area (Å²) in [5.41, 5.74) is 1.05. The van der Waals surface area contributed by atoms with Crippen LogP contribution in [0.2, 0.25) is 0 Å². The summed E-state index contributed by atoms with van der Waals surface area (Å²) < 4.78 is 0. The van der Waals surface area contributed by atoms with E-state index < -0.39 is 0 Å². The van der Waals surface area contributed by atoms with E-state index in [0.717, 1.165) is 18.4 Å². The highest BCUT2D eigenvalue weighted by molar-refractivity contribution is 5.96. The van der Waals surface area contributed by atoms with Crippen LogP contribution in [-0.2, 0) is 4.79 Å². The topological polar surface area (TPSA) is 17.1 Å². The lowest BCUT2D eigenvalue weighted by Crippen LogP contribution is -2.04. The molecule has 1 aliphatic carbocycles. The van der Waals surface area contributed by atoms with Gasteiger partial charge in [-0.25, -0.2) is 0 Å². The van der Waals surface area contributed by atoms with Crippen molar-refractivity contribution in [2.45, 2.75) is 39.0 Å². The van der Waals surface area contributed by atoms with Crippen molar-refractivity contribution in [1.29, 1.82) is 0 Å². The number of allylic oxidation sites excluding steroid dienone is 4. The predicted molar refractivity (Wildman–Crippen MR) is 51.0 cm³/mol. The van der Waals surface area contributed by atoms with Crippen LogP contribution in [0.25, 0.3) is 0 Å². The highest BCUT2D eigenvalue weighted by Crippen LogP contribution is 2.18. The summed E-state index contributed by atoms with van der Waals surface area (Å²) >= 11 is 0. The minimum Gasteiger partial charge on any atom is -0.294 e. The maximum Gasteiger partial charge on any atom is 0.162 e. The van der Waals surface area contributed by atoms with Crippen molar-refractivity contribution in [3.63, 3.8) is 0 Å². The molecule has 0 N–H and O–H groups in total. The Bertz CT molecular complexity index is 211. The first-order valence-corrected chi connectivity index (χ1v) is 4.68. The molecule has 0 bridgehead atoms. The van der Waals surface area contributed by atoms with Gasteiger partial charge in [-0.05, 0) is 38.2 Å². The molecule has 0 aromatic rings. The maximum atomic E-state index is 11.4. The zero-order valence-electron chi connectivity index (χ0n) is 7.68. The van der Waals surface area contributed by atoms with Gasteiger partial charge >= 0.3 is 0 Å². The van der Waals surface area contributed by atoms with Crippen LogP contribution in [0.3, 0.4) is 0 Å². The normalized spacial score (nSPS) is 17.9. The van der Waals surface area contributed by atoms with Crippen LogP contribution in [0.15, 0.2) is 23.8 Å². The molecule has 0 aromatic carbocycles. The SMILES string of the molecule is C/C=C/CC(=O)C1=CCCCC1. The standard InChI is InChI=1S/C11H16O/c1-2-3-9-11(12)10-7-5-4-6-8-10/h2-3,7H,4-6,8-9H2,1H3/b3-2+. The molecule has 0 fully saturated rings. The van der Waals surface area contributed by atoms with Gasteiger partial charge in [0.15, 0.2) is 5.78 Å². The van der Waals surface area contributed by atoms with E-state index in [1.807, 2.05) is 19.1 Å². The van der Waals surface area contributed by atoms with Crippen LogP contribution in [0.5, 0.6) is 0 Å². The average molecular weight is 164 g/mol. The van der Waals surface area contributed by atoms with E-state index in [1.54, 1.807) is 0 Å². The number of ketones is 1. The van der Waals surface area contributed by atoms with Crippen LogP contribution < -0.4 is 0 Å². The highest BCUT2D eigenvalue weighted by Gasteiger charge is 2.09. The molecule has 66 valence electrons. The Hall–Kier alpha value is -0.850. The Kier molecular flexibility index (Phi) is 3.78. The maximum absolute atomic E-state index is 11.4. The molecule has 1 nitrogen and oxygen atoms in total. The van der Waals surface area contributed by atoms with Gasteiger partial charge in [0, 0.05) is 6.42 Å². The lowest BCUT2D eigenvalue weighted by Gasteiger charge is -2.09. The first-order chi connectivity index (χ1) is 5.84. The van der Waals surface area contributed by atoms with Gasteiger partial charge in [-0.1, -0.05) is 18.2 Å². The van der Waals surface area contributed by atoms with Gasteiger partial charge in [-0.2, -0.15) is 0 Å². The fourth-order valence-electron chi connectivity index (χ4n) is 1.45. The summed E-state index contributed by atoms with van der Waals surface area (Å²) in [6, 6.07) is 0. The zero-order chi connectivity index (χ0) is 8.81. The molecule has 0 radical (unpaired) electrons. The van der Waals surface area contributed by atoms with Crippen molar-refractivity contribution in [2.75, 3.05) is 0 Å². The second-order valence-corrected chi connectivity index (χ2v) is 3.17. The number of hydrogen-bond donors (Lipinski definition) is 0. The average Bonchev–Trinajstić information content (AvgIpc) is 2.15. The third-order valence-corrected chi connectivity index (χ3v) is 2.19. The molecule has 1 aliphatic rings. The van der Waals surface area contributed by atoms with E-state index in [4.69, 9.17) is 0 Å². The van der Waals surface area contributed by atoms with E-state index in [2.05, 4.69) is 6.08 Å². The van der Waals surface area contributed by atoms with E-state index in [0.29, 0.717) is 12.2 Å². The summed E-state index contributed by atoms with van der Waals surface area (Å²) in [4.78, 5) is 11.4. The van der Waals surface area contributed by atoms with Gasteiger partial charge < -0.3 is 0 Å². The van der Waals surface area contributed by atoms with Gasteiger partial charge in [0.1, 0.15) is 0 Å². The molecule has 0 saturated heterocycles. The number of carbonyl (C=O) groups excluding carboxylic acids is 1. The summed E-state index contributed by atoms with van der Waals surface area (Å²) in [6.07, 6.45) is 11.1. The molecule has 0 heterocycles. The molecule has 1 heteroatoms. The number of Topliss-reactive ketones (excluding diaryl/α,β-unsaturated/α-hetero) is 1. The van der Waals surface area contributed by atoms with Crippen LogP contribution in [0, 0.1) is 0 Å². The molecule has 0 unspecified atom stereocenters. The third kappa shape index (κ3) is 2.65. The Balaban J connectivity index is 2.45. The molecular formula is C11H16O.